The monoisotopic (exact) mass is 506 g/mol. The molecule has 0 radical (unpaired) electrons. The van der Waals surface area contributed by atoms with Crippen molar-refractivity contribution in [1.82, 2.24) is 4.98 Å². The van der Waals surface area contributed by atoms with Crippen molar-refractivity contribution in [3.63, 3.8) is 0 Å². The fourth-order valence-corrected chi connectivity index (χ4v) is 6.80. The van der Waals surface area contributed by atoms with Gasteiger partial charge in [-0.2, -0.15) is 0 Å². The number of rotatable bonds is 2. The molecule has 3 heterocycles. The van der Waals surface area contributed by atoms with Crippen LogP contribution in [0.2, 0.25) is 5.02 Å². The first-order valence-corrected chi connectivity index (χ1v) is 11.6. The normalized spacial score (nSPS) is 23.2. The fraction of sp³-hybridized carbons (Fsp3) is 0.150. The third-order valence-corrected chi connectivity index (χ3v) is 8.32. The maximum absolute atomic E-state index is 13.5. The molecule has 1 saturated heterocycles. The van der Waals surface area contributed by atoms with E-state index in [4.69, 9.17) is 11.6 Å². The predicted octanol–water partition coefficient (Wildman–Crippen LogP) is 4.65. The molecule has 3 aromatic rings. The number of hydrogen-bond acceptors (Lipinski definition) is 5. The summed E-state index contributed by atoms with van der Waals surface area (Å²) in [5.41, 5.74) is 1.41. The number of halogens is 2. The summed E-state index contributed by atoms with van der Waals surface area (Å²) in [5, 5.41) is 0.660. The molecule has 0 bridgehead atoms. The minimum absolute atomic E-state index is 0.189. The van der Waals surface area contributed by atoms with E-state index in [-0.39, 0.29) is 22.6 Å². The fourth-order valence-electron chi connectivity index (χ4n) is 3.89. The van der Waals surface area contributed by atoms with Gasteiger partial charge in [0.1, 0.15) is 5.25 Å². The second kappa shape index (κ2) is 7.12. The lowest BCUT2D eigenvalue weighted by molar-refractivity contribution is -0.122. The van der Waals surface area contributed by atoms with Gasteiger partial charge in [0.15, 0.2) is 0 Å². The number of nitrogens with one attached hydrogen (secondary N) is 1. The summed E-state index contributed by atoms with van der Waals surface area (Å²) in [6, 6.07) is 14.3. The van der Waals surface area contributed by atoms with Crippen LogP contribution in [0.15, 0.2) is 62.8 Å². The van der Waals surface area contributed by atoms with Crippen LogP contribution in [0.25, 0.3) is 0 Å². The van der Waals surface area contributed by atoms with Crippen LogP contribution < -0.4 is 9.77 Å². The summed E-state index contributed by atoms with van der Waals surface area (Å²) in [6.07, 6.45) is 0. The molecule has 5 rings (SSSR count). The SMILES string of the molecule is O=C1C2Sc3[nH]c(=O)sc3C(c3ccc(Cl)cc3)C2C(=O)N1c1ccc(Br)cc1. The number of thioether (sulfide) groups is 1. The average Bonchev–Trinajstić information content (AvgIpc) is 3.19. The van der Waals surface area contributed by atoms with Crippen LogP contribution >= 0.6 is 50.6 Å². The van der Waals surface area contributed by atoms with Gasteiger partial charge >= 0.3 is 4.87 Å². The van der Waals surface area contributed by atoms with Crippen LogP contribution in [0.1, 0.15) is 16.4 Å². The van der Waals surface area contributed by atoms with Crippen LogP contribution in [-0.4, -0.2) is 22.0 Å². The number of hydrogen-bond donors (Lipinski definition) is 1. The number of benzene rings is 2. The van der Waals surface area contributed by atoms with E-state index in [1.165, 1.54) is 16.7 Å². The Bertz CT molecular complexity index is 1190. The molecule has 146 valence electrons. The Balaban J connectivity index is 1.64. The van der Waals surface area contributed by atoms with Crippen LogP contribution in [0.3, 0.4) is 0 Å². The van der Waals surface area contributed by atoms with Gasteiger partial charge in [-0.15, -0.1) is 0 Å². The highest BCUT2D eigenvalue weighted by Crippen LogP contribution is 2.53. The largest absolute Gasteiger partial charge is 0.307 e. The molecule has 2 amide bonds. The van der Waals surface area contributed by atoms with E-state index in [0.29, 0.717) is 15.7 Å². The Morgan fingerprint density at radius 3 is 2.34 bits per heavy atom. The van der Waals surface area contributed by atoms with Crippen molar-refractivity contribution in [2.75, 3.05) is 4.90 Å². The summed E-state index contributed by atoms with van der Waals surface area (Å²) < 4.78 is 0.867. The number of carbonyl (C=O) groups is 2. The van der Waals surface area contributed by atoms with Crippen molar-refractivity contribution < 1.29 is 9.59 Å². The number of H-pyrrole nitrogens is 1. The Morgan fingerprint density at radius 1 is 0.966 bits per heavy atom. The van der Waals surface area contributed by atoms with E-state index in [1.54, 1.807) is 36.4 Å². The van der Waals surface area contributed by atoms with Crippen molar-refractivity contribution in [3.8, 4) is 0 Å². The summed E-state index contributed by atoms with van der Waals surface area (Å²) in [5.74, 6) is -1.48. The van der Waals surface area contributed by atoms with Gasteiger partial charge in [-0.1, -0.05) is 62.8 Å². The van der Waals surface area contributed by atoms with Gasteiger partial charge in [0.25, 0.3) is 0 Å². The van der Waals surface area contributed by atoms with Crippen LogP contribution in [0.5, 0.6) is 0 Å². The molecule has 3 unspecified atom stereocenters. The molecule has 2 aliphatic heterocycles. The number of thiazole rings is 1. The summed E-state index contributed by atoms with van der Waals surface area (Å²) in [4.78, 5) is 43.5. The lowest BCUT2D eigenvalue weighted by atomic mass is 9.83. The number of fused-ring (bicyclic) bond motifs is 2. The lowest BCUT2D eigenvalue weighted by Crippen LogP contribution is -2.32. The first-order chi connectivity index (χ1) is 13.9. The van der Waals surface area contributed by atoms with Gasteiger partial charge in [0, 0.05) is 20.3 Å². The zero-order valence-corrected chi connectivity index (χ0v) is 18.6. The molecule has 1 N–H and O–H groups in total. The smallest absolute Gasteiger partial charge is 0.305 e. The summed E-state index contributed by atoms with van der Waals surface area (Å²) >= 11 is 11.8. The van der Waals surface area contributed by atoms with Gasteiger partial charge in [0.2, 0.25) is 11.8 Å². The van der Waals surface area contributed by atoms with Crippen molar-refractivity contribution >= 4 is 68.1 Å². The number of carbonyl (C=O) groups excluding carboxylic acids is 2. The molecule has 5 nitrogen and oxygen atoms in total. The number of amides is 2. The number of imide groups is 1. The molecule has 2 aliphatic rings. The molecule has 1 fully saturated rings. The highest BCUT2D eigenvalue weighted by Gasteiger charge is 2.56. The standard InChI is InChI=1S/C20H12BrClN2O3S2/c21-10-3-7-12(8-4-10)24-18(25)14-13(9-1-5-11(22)6-2-9)15-17(23-20(27)29-15)28-16(14)19(24)26/h1-8,13-14,16H,(H,23,27). The van der Waals surface area contributed by atoms with E-state index < -0.39 is 11.2 Å². The minimum Gasteiger partial charge on any atom is -0.307 e. The molecule has 1 aromatic heterocycles. The molecule has 0 spiro atoms. The zero-order chi connectivity index (χ0) is 20.3. The molecule has 0 aliphatic carbocycles. The van der Waals surface area contributed by atoms with Crippen LogP contribution in [0.4, 0.5) is 5.69 Å². The Labute approximate surface area is 187 Å². The second-order valence-corrected chi connectivity index (χ2v) is 10.3. The van der Waals surface area contributed by atoms with Gasteiger partial charge in [-0.25, -0.2) is 4.90 Å². The molecule has 9 heteroatoms. The van der Waals surface area contributed by atoms with E-state index in [2.05, 4.69) is 20.9 Å². The van der Waals surface area contributed by atoms with Gasteiger partial charge in [-0.3, -0.25) is 14.4 Å². The Kier molecular flexibility index (Phi) is 4.70. The van der Waals surface area contributed by atoms with Gasteiger partial charge in [0.05, 0.1) is 16.6 Å². The third kappa shape index (κ3) is 3.09. The number of anilines is 1. The van der Waals surface area contributed by atoms with Crippen molar-refractivity contribution in [1.29, 1.82) is 0 Å². The first-order valence-electron chi connectivity index (χ1n) is 8.72. The maximum atomic E-state index is 13.5. The van der Waals surface area contributed by atoms with E-state index in [0.717, 1.165) is 26.3 Å². The molecular weight excluding hydrogens is 496 g/mol. The number of aromatic nitrogens is 1. The zero-order valence-electron chi connectivity index (χ0n) is 14.6. The molecular formula is C20H12BrClN2O3S2. The lowest BCUT2D eigenvalue weighted by Gasteiger charge is -2.29. The molecule has 2 aromatic carbocycles. The Morgan fingerprint density at radius 2 is 1.66 bits per heavy atom. The number of aromatic amines is 1. The third-order valence-electron chi connectivity index (χ3n) is 5.14. The highest BCUT2D eigenvalue weighted by atomic mass is 79.9. The second-order valence-electron chi connectivity index (χ2n) is 6.79. The topological polar surface area (TPSA) is 70.2 Å². The quantitative estimate of drug-likeness (QED) is 0.513. The van der Waals surface area contributed by atoms with E-state index in [9.17, 15) is 14.4 Å². The van der Waals surface area contributed by atoms with E-state index >= 15 is 0 Å². The summed E-state index contributed by atoms with van der Waals surface area (Å²) in [6.45, 7) is 0. The Hall–Kier alpha value is -1.87. The number of nitrogens with zero attached hydrogens (tertiary/aromatic N) is 1. The minimum atomic E-state index is -0.593. The van der Waals surface area contributed by atoms with Gasteiger partial charge < -0.3 is 4.98 Å². The summed E-state index contributed by atoms with van der Waals surface area (Å²) in [7, 11) is 0. The first kappa shape index (κ1) is 19.1. The van der Waals surface area contributed by atoms with Crippen LogP contribution in [0, 0.1) is 5.92 Å². The van der Waals surface area contributed by atoms with Crippen molar-refractivity contribution in [2.45, 2.75) is 16.2 Å². The van der Waals surface area contributed by atoms with Crippen LogP contribution in [-0.2, 0) is 9.59 Å². The van der Waals surface area contributed by atoms with Gasteiger partial charge in [-0.05, 0) is 42.0 Å². The highest BCUT2D eigenvalue weighted by molar-refractivity contribution is 9.10. The molecule has 29 heavy (non-hydrogen) atoms. The maximum Gasteiger partial charge on any atom is 0.305 e. The van der Waals surface area contributed by atoms with Crippen molar-refractivity contribution in [2.24, 2.45) is 5.92 Å². The predicted molar refractivity (Wildman–Crippen MR) is 118 cm³/mol. The average molecular weight is 508 g/mol. The molecule has 0 saturated carbocycles. The van der Waals surface area contributed by atoms with Crippen molar-refractivity contribution in [3.05, 3.63) is 78.1 Å². The van der Waals surface area contributed by atoms with E-state index in [1.807, 2.05) is 12.1 Å². The molecule has 3 atom stereocenters.